The maximum atomic E-state index is 13.1. The van der Waals surface area contributed by atoms with Crippen LogP contribution in [0.1, 0.15) is 18.4 Å². The number of thioether (sulfide) groups is 1. The van der Waals surface area contributed by atoms with Gasteiger partial charge in [-0.2, -0.15) is 0 Å². The van der Waals surface area contributed by atoms with Crippen LogP contribution < -0.4 is 11.1 Å². The number of amides is 1. The molecule has 174 valence electrons. The summed E-state index contributed by atoms with van der Waals surface area (Å²) in [6, 6.07) is 12.4. The van der Waals surface area contributed by atoms with Crippen LogP contribution in [0.4, 0.5) is 5.69 Å². The number of likely N-dealkylation sites (tertiary alicyclic amines) is 1. The number of anilines is 1. The molecule has 1 fully saturated rings. The Morgan fingerprint density at radius 1 is 1.18 bits per heavy atom. The quantitative estimate of drug-likeness (QED) is 0.209. The maximum Gasteiger partial charge on any atom is 0.277 e. The zero-order chi connectivity index (χ0) is 23.4. The fraction of sp³-hybridized carbons (Fsp3) is 0.318. The third-order valence-corrected chi connectivity index (χ3v) is 7.01. The Morgan fingerprint density at radius 3 is 2.70 bits per heavy atom. The monoisotopic (exact) mass is 507 g/mol. The van der Waals surface area contributed by atoms with Crippen LogP contribution in [-0.4, -0.2) is 45.6 Å². The number of carbonyl (C=O) groups excluding carboxylic acids is 1. The number of benzene rings is 2. The highest BCUT2D eigenvalue weighted by Crippen LogP contribution is 2.27. The minimum atomic E-state index is -0.339. The molecule has 3 N–H and O–H groups in total. The molecule has 1 saturated heterocycles. The zero-order valence-electron chi connectivity index (χ0n) is 17.7. The molecular formula is C22H23Cl2N5O3S. The SMILES string of the molecule is Nc1cccc(-c2nnc(SCC(=O)NC3CC[N+]([O-])(Cc4ccc(Cl)c(Cl)c4)CC3)o2)c1. The number of rotatable bonds is 7. The average Bonchev–Trinajstić information content (AvgIpc) is 3.26. The summed E-state index contributed by atoms with van der Waals surface area (Å²) in [6.07, 6.45) is 1.22. The van der Waals surface area contributed by atoms with Gasteiger partial charge in [0.25, 0.3) is 5.22 Å². The van der Waals surface area contributed by atoms with E-state index in [0.29, 0.717) is 59.3 Å². The number of piperidine rings is 1. The van der Waals surface area contributed by atoms with Crippen molar-refractivity contribution in [2.45, 2.75) is 30.7 Å². The van der Waals surface area contributed by atoms with E-state index < -0.39 is 0 Å². The number of hydroxylamine groups is 3. The summed E-state index contributed by atoms with van der Waals surface area (Å²) in [5, 5.41) is 25.3. The normalized spacial score (nSPS) is 20.5. The van der Waals surface area contributed by atoms with Gasteiger partial charge in [-0.3, -0.25) is 4.79 Å². The van der Waals surface area contributed by atoms with Crippen LogP contribution in [0.5, 0.6) is 0 Å². The Labute approximate surface area is 205 Å². The second kappa shape index (κ2) is 10.3. The Morgan fingerprint density at radius 2 is 1.97 bits per heavy atom. The highest BCUT2D eigenvalue weighted by molar-refractivity contribution is 7.99. The first-order chi connectivity index (χ1) is 15.8. The predicted octanol–water partition coefficient (Wildman–Crippen LogP) is 4.51. The van der Waals surface area contributed by atoms with E-state index in [4.69, 9.17) is 33.4 Å². The minimum Gasteiger partial charge on any atom is -0.633 e. The van der Waals surface area contributed by atoms with Gasteiger partial charge in [-0.1, -0.05) is 47.1 Å². The number of nitrogens with zero attached hydrogens (tertiary/aromatic N) is 3. The van der Waals surface area contributed by atoms with E-state index in [9.17, 15) is 10.0 Å². The predicted molar refractivity (Wildman–Crippen MR) is 130 cm³/mol. The Hall–Kier alpha value is -2.30. The van der Waals surface area contributed by atoms with Gasteiger partial charge in [0.1, 0.15) is 6.54 Å². The van der Waals surface area contributed by atoms with Gasteiger partial charge in [-0.15, -0.1) is 10.2 Å². The van der Waals surface area contributed by atoms with Crippen LogP contribution in [0, 0.1) is 5.21 Å². The van der Waals surface area contributed by atoms with Crippen LogP contribution in [0.15, 0.2) is 52.1 Å². The Balaban J connectivity index is 1.23. The first-order valence-electron chi connectivity index (χ1n) is 10.4. The van der Waals surface area contributed by atoms with Crippen LogP contribution in [-0.2, 0) is 11.3 Å². The third kappa shape index (κ3) is 6.39. The molecule has 0 saturated carbocycles. The van der Waals surface area contributed by atoms with E-state index >= 15 is 0 Å². The van der Waals surface area contributed by atoms with E-state index in [1.807, 2.05) is 12.1 Å². The number of aromatic nitrogens is 2. The number of nitrogens with one attached hydrogen (secondary N) is 1. The van der Waals surface area contributed by atoms with Crippen molar-refractivity contribution in [3.8, 4) is 11.5 Å². The van der Waals surface area contributed by atoms with Crippen molar-refractivity contribution in [1.29, 1.82) is 0 Å². The van der Waals surface area contributed by atoms with Crippen molar-refractivity contribution in [3.05, 3.63) is 63.3 Å². The van der Waals surface area contributed by atoms with Crippen molar-refractivity contribution in [2.75, 3.05) is 24.6 Å². The van der Waals surface area contributed by atoms with Gasteiger partial charge in [0.05, 0.1) is 28.9 Å². The molecule has 2 aromatic carbocycles. The molecule has 0 bridgehead atoms. The molecule has 0 radical (unpaired) electrons. The summed E-state index contributed by atoms with van der Waals surface area (Å²) in [6.45, 7) is 1.18. The Bertz CT molecular complexity index is 1130. The number of nitrogen functional groups attached to an aromatic ring is 1. The van der Waals surface area contributed by atoms with Gasteiger partial charge in [-0.25, -0.2) is 0 Å². The first kappa shape index (κ1) is 23.8. The van der Waals surface area contributed by atoms with Crippen molar-refractivity contribution < 1.29 is 13.9 Å². The molecule has 1 aromatic heterocycles. The first-order valence-corrected chi connectivity index (χ1v) is 12.2. The lowest BCUT2D eigenvalue weighted by atomic mass is 10.0. The lowest BCUT2D eigenvalue weighted by Crippen LogP contribution is -2.52. The van der Waals surface area contributed by atoms with Gasteiger partial charge < -0.3 is 25.3 Å². The van der Waals surface area contributed by atoms with E-state index in [0.717, 1.165) is 11.1 Å². The summed E-state index contributed by atoms with van der Waals surface area (Å²) in [4.78, 5) is 12.4. The van der Waals surface area contributed by atoms with Crippen molar-refractivity contribution in [2.24, 2.45) is 0 Å². The lowest BCUT2D eigenvalue weighted by molar-refractivity contribution is -0.898. The number of hydrogen-bond acceptors (Lipinski definition) is 7. The molecule has 3 aromatic rings. The van der Waals surface area contributed by atoms with Gasteiger partial charge >= 0.3 is 0 Å². The number of hydrogen-bond donors (Lipinski definition) is 2. The molecule has 1 aliphatic heterocycles. The molecule has 0 aliphatic carbocycles. The molecule has 1 amide bonds. The van der Waals surface area contributed by atoms with Crippen LogP contribution in [0.3, 0.4) is 0 Å². The Kier molecular flexibility index (Phi) is 7.45. The molecule has 0 unspecified atom stereocenters. The summed E-state index contributed by atoms with van der Waals surface area (Å²) in [5.74, 6) is 0.364. The highest BCUT2D eigenvalue weighted by Gasteiger charge is 2.28. The smallest absolute Gasteiger partial charge is 0.277 e. The van der Waals surface area contributed by atoms with E-state index in [2.05, 4.69) is 15.5 Å². The molecule has 0 spiro atoms. The standard InChI is InChI=1S/C22H23Cl2N5O3S/c23-18-5-4-14(10-19(18)24)12-29(31)8-6-17(7-9-29)26-20(30)13-33-22-28-27-21(32-22)15-2-1-3-16(25)11-15/h1-5,10-11,17H,6-9,12-13,25H2,(H,26,30). The molecule has 4 rings (SSSR count). The molecular weight excluding hydrogens is 485 g/mol. The molecule has 33 heavy (non-hydrogen) atoms. The summed E-state index contributed by atoms with van der Waals surface area (Å²) >= 11 is 13.2. The fourth-order valence-corrected chi connectivity index (χ4v) is 4.66. The molecule has 1 aliphatic rings. The van der Waals surface area contributed by atoms with Crippen LogP contribution in [0.2, 0.25) is 10.0 Å². The summed E-state index contributed by atoms with van der Waals surface area (Å²) in [5.41, 5.74) is 7.96. The number of halogens is 2. The fourth-order valence-electron chi connectivity index (χ4n) is 3.76. The largest absolute Gasteiger partial charge is 0.633 e. The molecule has 0 atom stereocenters. The molecule has 2 heterocycles. The van der Waals surface area contributed by atoms with Gasteiger partial charge in [0.2, 0.25) is 11.8 Å². The number of quaternary nitrogens is 1. The van der Waals surface area contributed by atoms with Crippen molar-refractivity contribution >= 4 is 46.6 Å². The molecule has 11 heteroatoms. The number of carbonyl (C=O) groups is 1. The molecule has 8 nitrogen and oxygen atoms in total. The van der Waals surface area contributed by atoms with E-state index in [1.54, 1.807) is 30.3 Å². The second-order valence-corrected chi connectivity index (χ2v) is 9.78. The van der Waals surface area contributed by atoms with Crippen molar-refractivity contribution in [3.63, 3.8) is 0 Å². The van der Waals surface area contributed by atoms with E-state index in [-0.39, 0.29) is 22.3 Å². The van der Waals surface area contributed by atoms with E-state index in [1.165, 1.54) is 11.8 Å². The third-order valence-electron chi connectivity index (χ3n) is 5.46. The van der Waals surface area contributed by atoms with Crippen LogP contribution >= 0.6 is 35.0 Å². The average molecular weight is 508 g/mol. The van der Waals surface area contributed by atoms with Gasteiger partial charge in [-0.05, 0) is 30.3 Å². The van der Waals surface area contributed by atoms with Gasteiger partial charge in [0, 0.05) is 35.7 Å². The summed E-state index contributed by atoms with van der Waals surface area (Å²) in [7, 11) is 0. The zero-order valence-corrected chi connectivity index (χ0v) is 20.0. The summed E-state index contributed by atoms with van der Waals surface area (Å²) < 4.78 is 5.27. The lowest BCUT2D eigenvalue weighted by Gasteiger charge is -2.47. The maximum absolute atomic E-state index is 13.1. The van der Waals surface area contributed by atoms with Crippen molar-refractivity contribution in [1.82, 2.24) is 15.5 Å². The topological polar surface area (TPSA) is 117 Å². The highest BCUT2D eigenvalue weighted by atomic mass is 35.5. The van der Waals surface area contributed by atoms with Gasteiger partial charge in [0.15, 0.2) is 0 Å². The number of nitrogens with two attached hydrogens (primary N) is 1. The second-order valence-electron chi connectivity index (χ2n) is 8.04. The van der Waals surface area contributed by atoms with Crippen LogP contribution in [0.25, 0.3) is 11.5 Å². The minimum absolute atomic E-state index is 0.0300.